The van der Waals surface area contributed by atoms with Crippen LogP contribution in [0.3, 0.4) is 0 Å². The van der Waals surface area contributed by atoms with Crippen LogP contribution in [0.1, 0.15) is 25.0 Å². The fourth-order valence-electron chi connectivity index (χ4n) is 4.72. The van der Waals surface area contributed by atoms with Crippen molar-refractivity contribution in [2.45, 2.75) is 50.5 Å². The number of anilines is 1. The molecule has 156 valence electrons. The van der Waals surface area contributed by atoms with E-state index < -0.39 is 6.17 Å². The Morgan fingerprint density at radius 3 is 2.87 bits per heavy atom. The lowest BCUT2D eigenvalue weighted by Crippen LogP contribution is -2.55. The Kier molecular flexibility index (Phi) is 4.47. The smallest absolute Gasteiger partial charge is 0.196 e. The minimum atomic E-state index is -0.956. The van der Waals surface area contributed by atoms with Gasteiger partial charge in [0.25, 0.3) is 0 Å². The largest absolute Gasteiger partial charge is 0.506 e. The zero-order valence-electron chi connectivity index (χ0n) is 16.8. The second kappa shape index (κ2) is 7.05. The monoisotopic (exact) mass is 410 g/mol. The maximum Gasteiger partial charge on any atom is 0.196 e. The van der Waals surface area contributed by atoms with E-state index in [0.29, 0.717) is 34.5 Å². The number of hydrogen-bond donors (Lipinski definition) is 2. The van der Waals surface area contributed by atoms with Gasteiger partial charge in [0.05, 0.1) is 24.1 Å². The van der Waals surface area contributed by atoms with Crippen molar-refractivity contribution < 1.29 is 13.9 Å². The fourth-order valence-corrected chi connectivity index (χ4v) is 4.72. The molecular formula is C22H23FN4O3. The van der Waals surface area contributed by atoms with Gasteiger partial charge in [0.15, 0.2) is 5.43 Å². The summed E-state index contributed by atoms with van der Waals surface area (Å²) in [6.07, 6.45) is 4.77. The summed E-state index contributed by atoms with van der Waals surface area (Å²) >= 11 is 0. The zero-order chi connectivity index (χ0) is 21.0. The molecule has 2 aliphatic heterocycles. The average Bonchev–Trinajstić information content (AvgIpc) is 3.14. The number of phenolic OH excluding ortho intramolecular Hbond substituents is 1. The molecule has 3 aromatic rings. The Morgan fingerprint density at radius 2 is 2.10 bits per heavy atom. The van der Waals surface area contributed by atoms with E-state index in [1.165, 1.54) is 12.3 Å². The molecule has 2 aromatic heterocycles. The van der Waals surface area contributed by atoms with Crippen LogP contribution in [-0.4, -0.2) is 46.4 Å². The van der Waals surface area contributed by atoms with E-state index in [4.69, 9.17) is 4.42 Å². The summed E-state index contributed by atoms with van der Waals surface area (Å²) in [5.41, 5.74) is 0.823. The predicted octanol–water partition coefficient (Wildman–Crippen LogP) is 2.93. The van der Waals surface area contributed by atoms with E-state index in [1.807, 2.05) is 11.9 Å². The third-order valence-corrected chi connectivity index (χ3v) is 6.32. The molecule has 4 atom stereocenters. The summed E-state index contributed by atoms with van der Waals surface area (Å²) in [5.74, 6) is 0.864. The second-order valence-corrected chi connectivity index (χ2v) is 8.22. The van der Waals surface area contributed by atoms with Crippen LogP contribution in [0, 0.1) is 6.92 Å². The summed E-state index contributed by atoms with van der Waals surface area (Å²) in [6, 6.07) is 4.65. The molecule has 7 nitrogen and oxygen atoms in total. The number of hydrogen-bond acceptors (Lipinski definition) is 7. The van der Waals surface area contributed by atoms with Crippen LogP contribution in [0.15, 0.2) is 39.8 Å². The Morgan fingerprint density at radius 1 is 1.27 bits per heavy atom. The van der Waals surface area contributed by atoms with Gasteiger partial charge >= 0.3 is 0 Å². The van der Waals surface area contributed by atoms with Gasteiger partial charge in [0, 0.05) is 30.8 Å². The van der Waals surface area contributed by atoms with Crippen LogP contribution in [0.4, 0.5) is 10.2 Å². The van der Waals surface area contributed by atoms with E-state index in [2.05, 4.69) is 15.3 Å². The number of alkyl halides is 1. The number of halogens is 1. The minimum Gasteiger partial charge on any atom is -0.506 e. The predicted molar refractivity (Wildman–Crippen MR) is 112 cm³/mol. The number of fused-ring (bicyclic) bond motifs is 3. The third-order valence-electron chi connectivity index (χ3n) is 6.32. The van der Waals surface area contributed by atoms with Gasteiger partial charge in [-0.2, -0.15) is 0 Å². The Bertz CT molecular complexity index is 1160. The van der Waals surface area contributed by atoms with Gasteiger partial charge in [-0.25, -0.2) is 9.37 Å². The summed E-state index contributed by atoms with van der Waals surface area (Å²) in [4.78, 5) is 23.0. The molecule has 2 aliphatic rings. The van der Waals surface area contributed by atoms with Crippen molar-refractivity contribution in [1.29, 1.82) is 0 Å². The van der Waals surface area contributed by atoms with Crippen molar-refractivity contribution in [3.63, 3.8) is 0 Å². The molecule has 1 unspecified atom stereocenters. The minimum absolute atomic E-state index is 0.0895. The first-order chi connectivity index (χ1) is 14.4. The van der Waals surface area contributed by atoms with Crippen molar-refractivity contribution in [2.24, 2.45) is 0 Å². The van der Waals surface area contributed by atoms with Crippen molar-refractivity contribution in [3.05, 3.63) is 46.6 Å². The zero-order valence-corrected chi connectivity index (χ0v) is 16.8. The molecule has 2 saturated heterocycles. The topological polar surface area (TPSA) is 91.5 Å². The normalized spacial score (nSPS) is 25.6. The molecule has 8 heteroatoms. The average molecular weight is 410 g/mol. The van der Waals surface area contributed by atoms with Crippen molar-refractivity contribution in [2.75, 3.05) is 11.9 Å². The molecule has 0 aliphatic carbocycles. The third kappa shape index (κ3) is 3.02. The molecular weight excluding hydrogens is 387 g/mol. The Hall–Kier alpha value is -3.00. The number of piperidine rings is 1. The standard InChI is InChI=1S/C22H23FN4O3/c1-11-7-17(28)20-18(30-11)6-4-13(22(20)29)15-9-25-19(10-24-15)27(2)16-8-12-3-5-14(26-12)21(16)23/h4,6-7,9-10,12,14,16,21,26,29H,3,5,8H2,1-2H3/t12-,14?,16-,21+/m0/s1. The highest BCUT2D eigenvalue weighted by Gasteiger charge is 2.43. The summed E-state index contributed by atoms with van der Waals surface area (Å²) in [7, 11) is 1.84. The van der Waals surface area contributed by atoms with Gasteiger partial charge in [-0.3, -0.25) is 9.78 Å². The molecule has 0 saturated carbocycles. The SMILES string of the molecule is Cc1cc(=O)c2c(O)c(-c3cnc(N(C)[C@H]4C[C@@H]5CCC(N5)[C@H]4F)cn3)ccc2o1. The van der Waals surface area contributed by atoms with E-state index in [9.17, 15) is 14.3 Å². The van der Waals surface area contributed by atoms with E-state index >= 15 is 0 Å². The molecule has 0 amide bonds. The highest BCUT2D eigenvalue weighted by molar-refractivity contribution is 5.90. The van der Waals surface area contributed by atoms with Crippen LogP contribution in [-0.2, 0) is 0 Å². The summed E-state index contributed by atoms with van der Waals surface area (Å²) in [5, 5.41) is 14.1. The fraction of sp³-hybridized carbons (Fsp3) is 0.409. The number of phenols is 1. The number of aromatic nitrogens is 2. The van der Waals surface area contributed by atoms with Crippen LogP contribution in [0.2, 0.25) is 0 Å². The van der Waals surface area contributed by atoms with E-state index in [0.717, 1.165) is 19.3 Å². The molecule has 4 heterocycles. The van der Waals surface area contributed by atoms with Crippen LogP contribution < -0.4 is 15.6 Å². The lowest BCUT2D eigenvalue weighted by molar-refractivity contribution is 0.176. The number of rotatable bonds is 3. The maximum absolute atomic E-state index is 14.9. The molecule has 2 N–H and O–H groups in total. The molecule has 0 spiro atoms. The van der Waals surface area contributed by atoms with Gasteiger partial charge in [-0.1, -0.05) is 0 Å². The highest BCUT2D eigenvalue weighted by atomic mass is 19.1. The lowest BCUT2D eigenvalue weighted by atomic mass is 9.96. The number of aromatic hydroxyl groups is 1. The van der Waals surface area contributed by atoms with E-state index in [1.54, 1.807) is 25.3 Å². The number of aryl methyl sites for hydroxylation is 1. The van der Waals surface area contributed by atoms with Gasteiger partial charge in [-0.05, 0) is 38.3 Å². The first-order valence-corrected chi connectivity index (χ1v) is 10.1. The van der Waals surface area contributed by atoms with Crippen molar-refractivity contribution in [1.82, 2.24) is 15.3 Å². The van der Waals surface area contributed by atoms with Crippen molar-refractivity contribution in [3.8, 4) is 17.0 Å². The van der Waals surface area contributed by atoms with Gasteiger partial charge in [-0.15, -0.1) is 0 Å². The van der Waals surface area contributed by atoms with Crippen LogP contribution in [0.25, 0.3) is 22.2 Å². The molecule has 30 heavy (non-hydrogen) atoms. The first-order valence-electron chi connectivity index (χ1n) is 10.1. The Labute approximate surface area is 172 Å². The van der Waals surface area contributed by atoms with Crippen molar-refractivity contribution >= 4 is 16.8 Å². The number of benzene rings is 1. The van der Waals surface area contributed by atoms with Crippen LogP contribution >= 0.6 is 0 Å². The lowest BCUT2D eigenvalue weighted by Gasteiger charge is -2.38. The molecule has 1 aromatic carbocycles. The van der Waals surface area contributed by atoms with Gasteiger partial charge in [0.1, 0.15) is 34.5 Å². The van der Waals surface area contributed by atoms with Gasteiger partial charge < -0.3 is 19.7 Å². The maximum atomic E-state index is 14.9. The van der Waals surface area contributed by atoms with Crippen LogP contribution in [0.5, 0.6) is 5.75 Å². The summed E-state index contributed by atoms with van der Waals surface area (Å²) < 4.78 is 20.4. The van der Waals surface area contributed by atoms with Gasteiger partial charge in [0.2, 0.25) is 0 Å². The summed E-state index contributed by atoms with van der Waals surface area (Å²) in [6.45, 7) is 1.68. The molecule has 2 bridgehead atoms. The highest BCUT2D eigenvalue weighted by Crippen LogP contribution is 2.35. The Balaban J connectivity index is 1.45. The molecule has 5 rings (SSSR count). The number of nitrogens with zero attached hydrogens (tertiary/aromatic N) is 3. The molecule has 0 radical (unpaired) electrons. The first kappa shape index (κ1) is 19.0. The number of nitrogens with one attached hydrogen (secondary N) is 1. The molecule has 2 fully saturated rings. The quantitative estimate of drug-likeness (QED) is 0.686. The second-order valence-electron chi connectivity index (χ2n) is 8.22. The van der Waals surface area contributed by atoms with E-state index in [-0.39, 0.29) is 28.6 Å².